The van der Waals surface area contributed by atoms with E-state index in [4.69, 9.17) is 25.8 Å². The van der Waals surface area contributed by atoms with Crippen molar-refractivity contribution in [2.24, 2.45) is 0 Å². The Morgan fingerprint density at radius 3 is 2.56 bits per heavy atom. The number of hydrogen-bond acceptors (Lipinski definition) is 8. The van der Waals surface area contributed by atoms with Crippen molar-refractivity contribution in [2.75, 3.05) is 44.3 Å². The summed E-state index contributed by atoms with van der Waals surface area (Å²) in [6.07, 6.45) is 2.00. The summed E-state index contributed by atoms with van der Waals surface area (Å²) in [5.74, 6) is -0.481. The number of halogens is 1. The molecule has 36 heavy (non-hydrogen) atoms. The van der Waals surface area contributed by atoms with Gasteiger partial charge in [0.2, 0.25) is 15.8 Å². The quantitative estimate of drug-likeness (QED) is 0.503. The molecule has 0 unspecified atom stereocenters. The van der Waals surface area contributed by atoms with Gasteiger partial charge in [-0.25, -0.2) is 8.42 Å². The fourth-order valence-electron chi connectivity index (χ4n) is 4.26. The first-order chi connectivity index (χ1) is 17.0. The molecule has 12 heteroatoms. The lowest BCUT2D eigenvalue weighted by Crippen LogP contribution is -2.50. The molecule has 0 N–H and O–H groups in total. The van der Waals surface area contributed by atoms with Crippen LogP contribution in [0.3, 0.4) is 0 Å². The number of rotatable bonds is 8. The van der Waals surface area contributed by atoms with Gasteiger partial charge in [-0.15, -0.1) is 0 Å². The van der Waals surface area contributed by atoms with E-state index in [2.05, 4.69) is 5.10 Å². The van der Waals surface area contributed by atoms with E-state index in [1.54, 1.807) is 44.3 Å². The van der Waals surface area contributed by atoms with Crippen LogP contribution in [0.25, 0.3) is 5.69 Å². The minimum absolute atomic E-state index is 0.134. The van der Waals surface area contributed by atoms with Crippen molar-refractivity contribution in [3.63, 3.8) is 0 Å². The first-order valence-electron chi connectivity index (χ1n) is 12.0. The standard InChI is InChI=1S/C24H33ClN4O6S/c1-17(2)36(31,32)28-11-9-27(10-12-28)21-15-26-29(19-7-5-6-18(25)14-19)23(30)22(21)33-13-8-20-16-34-24(3,4)35-20/h5-7,14-15,17,20H,8-13,16H2,1-4H3/t20-/m1/s1. The van der Waals surface area contributed by atoms with Crippen LogP contribution in [0.2, 0.25) is 5.02 Å². The third-order valence-electron chi connectivity index (χ3n) is 6.26. The Morgan fingerprint density at radius 2 is 1.94 bits per heavy atom. The Labute approximate surface area is 216 Å². The first-order valence-corrected chi connectivity index (χ1v) is 13.9. The maximum absolute atomic E-state index is 13.5. The van der Waals surface area contributed by atoms with Gasteiger partial charge in [0.1, 0.15) is 5.69 Å². The average Bonchev–Trinajstić information content (AvgIpc) is 3.18. The van der Waals surface area contributed by atoms with Crippen LogP contribution in [0.4, 0.5) is 5.69 Å². The van der Waals surface area contributed by atoms with Crippen molar-refractivity contribution in [3.05, 3.63) is 45.8 Å². The average molecular weight is 541 g/mol. The highest BCUT2D eigenvalue weighted by molar-refractivity contribution is 7.89. The van der Waals surface area contributed by atoms with Crippen molar-refractivity contribution >= 4 is 27.3 Å². The second kappa shape index (κ2) is 10.7. The van der Waals surface area contributed by atoms with Gasteiger partial charge in [0, 0.05) is 37.6 Å². The Kier molecular flexibility index (Phi) is 7.96. The van der Waals surface area contributed by atoms with Gasteiger partial charge in [0.25, 0.3) is 0 Å². The molecule has 2 aromatic rings. The van der Waals surface area contributed by atoms with Gasteiger partial charge in [-0.1, -0.05) is 17.7 Å². The number of nitrogens with zero attached hydrogens (tertiary/aromatic N) is 4. The van der Waals surface area contributed by atoms with Crippen molar-refractivity contribution < 1.29 is 22.6 Å². The zero-order chi connectivity index (χ0) is 26.1. The van der Waals surface area contributed by atoms with Crippen LogP contribution < -0.4 is 15.2 Å². The molecule has 3 heterocycles. The van der Waals surface area contributed by atoms with Crippen molar-refractivity contribution in [1.82, 2.24) is 14.1 Å². The van der Waals surface area contributed by atoms with E-state index in [0.29, 0.717) is 55.6 Å². The highest BCUT2D eigenvalue weighted by Crippen LogP contribution is 2.28. The number of aromatic nitrogens is 2. The lowest BCUT2D eigenvalue weighted by atomic mass is 10.2. The predicted molar refractivity (Wildman–Crippen MR) is 138 cm³/mol. The molecule has 0 bridgehead atoms. The van der Waals surface area contributed by atoms with Crippen molar-refractivity contribution in [3.8, 4) is 11.4 Å². The Morgan fingerprint density at radius 1 is 1.22 bits per heavy atom. The van der Waals surface area contributed by atoms with Crippen LogP contribution in [-0.2, 0) is 19.5 Å². The third-order valence-corrected chi connectivity index (χ3v) is 8.77. The maximum Gasteiger partial charge on any atom is 0.316 e. The topological polar surface area (TPSA) is 103 Å². The summed E-state index contributed by atoms with van der Waals surface area (Å²) in [6, 6.07) is 6.86. The molecular weight excluding hydrogens is 508 g/mol. The molecule has 1 aromatic carbocycles. The molecule has 2 fully saturated rings. The normalized spacial score (nSPS) is 20.7. The molecule has 0 saturated carbocycles. The van der Waals surface area contributed by atoms with E-state index in [1.165, 1.54) is 8.99 Å². The molecule has 2 aliphatic rings. The monoisotopic (exact) mass is 540 g/mol. The Hall–Kier alpha value is -2.18. The Balaban J connectivity index is 1.58. The molecule has 0 amide bonds. The molecule has 0 radical (unpaired) electrons. The largest absolute Gasteiger partial charge is 0.486 e. The molecule has 1 aromatic heterocycles. The fourth-order valence-corrected chi connectivity index (χ4v) is 5.71. The molecule has 198 valence electrons. The number of benzene rings is 1. The van der Waals surface area contributed by atoms with Crippen LogP contribution in [0.1, 0.15) is 34.1 Å². The van der Waals surface area contributed by atoms with Gasteiger partial charge in [0.15, 0.2) is 5.79 Å². The van der Waals surface area contributed by atoms with Gasteiger partial charge in [-0.2, -0.15) is 14.1 Å². The van der Waals surface area contributed by atoms with Gasteiger partial charge in [-0.05, 0) is 45.9 Å². The number of hydrogen-bond donors (Lipinski definition) is 0. The zero-order valence-electron chi connectivity index (χ0n) is 21.0. The van der Waals surface area contributed by atoms with E-state index < -0.39 is 26.6 Å². The van der Waals surface area contributed by atoms with Crippen molar-refractivity contribution in [2.45, 2.75) is 51.3 Å². The SMILES string of the molecule is CC(C)S(=O)(=O)N1CCN(c2cnn(-c3cccc(Cl)c3)c(=O)c2OCC[C@@H]2COC(C)(C)O2)CC1. The Bertz CT molecular complexity index is 1240. The van der Waals surface area contributed by atoms with E-state index in [0.717, 1.165) is 0 Å². The number of ether oxygens (including phenoxy) is 3. The van der Waals surface area contributed by atoms with Crippen LogP contribution >= 0.6 is 11.6 Å². The zero-order valence-corrected chi connectivity index (χ0v) is 22.6. The molecule has 2 aliphatic heterocycles. The second-order valence-corrected chi connectivity index (χ2v) is 12.5. The van der Waals surface area contributed by atoms with Crippen LogP contribution in [0.15, 0.2) is 35.3 Å². The summed E-state index contributed by atoms with van der Waals surface area (Å²) in [7, 11) is -3.35. The van der Waals surface area contributed by atoms with Crippen LogP contribution in [0, 0.1) is 0 Å². The molecule has 0 spiro atoms. The molecule has 4 rings (SSSR count). The maximum atomic E-state index is 13.5. The van der Waals surface area contributed by atoms with E-state index in [1.807, 2.05) is 18.7 Å². The van der Waals surface area contributed by atoms with Gasteiger partial charge < -0.3 is 19.1 Å². The van der Waals surface area contributed by atoms with Crippen LogP contribution in [0.5, 0.6) is 5.75 Å². The highest BCUT2D eigenvalue weighted by atomic mass is 35.5. The highest BCUT2D eigenvalue weighted by Gasteiger charge is 2.33. The minimum atomic E-state index is -3.35. The fraction of sp³-hybridized carbons (Fsp3) is 0.583. The summed E-state index contributed by atoms with van der Waals surface area (Å²) in [5.41, 5.74) is 0.630. The summed E-state index contributed by atoms with van der Waals surface area (Å²) in [5, 5.41) is 4.37. The number of sulfonamides is 1. The second-order valence-electron chi connectivity index (χ2n) is 9.62. The molecule has 1 atom stereocenters. The minimum Gasteiger partial charge on any atom is -0.486 e. The summed E-state index contributed by atoms with van der Waals surface area (Å²) in [6.45, 7) is 9.23. The van der Waals surface area contributed by atoms with E-state index in [9.17, 15) is 13.2 Å². The summed E-state index contributed by atoms with van der Waals surface area (Å²) >= 11 is 6.13. The van der Waals surface area contributed by atoms with E-state index in [-0.39, 0.29) is 18.5 Å². The molecule has 0 aliphatic carbocycles. The van der Waals surface area contributed by atoms with Gasteiger partial charge >= 0.3 is 5.56 Å². The van der Waals surface area contributed by atoms with Crippen LogP contribution in [-0.4, -0.2) is 79.0 Å². The van der Waals surface area contributed by atoms with E-state index >= 15 is 0 Å². The van der Waals surface area contributed by atoms with Gasteiger partial charge in [-0.3, -0.25) is 4.79 Å². The van der Waals surface area contributed by atoms with Gasteiger partial charge in [0.05, 0.1) is 36.5 Å². The molecule has 10 nitrogen and oxygen atoms in total. The smallest absolute Gasteiger partial charge is 0.316 e. The lowest BCUT2D eigenvalue weighted by Gasteiger charge is -2.36. The summed E-state index contributed by atoms with van der Waals surface area (Å²) in [4.78, 5) is 15.5. The number of piperazine rings is 1. The summed E-state index contributed by atoms with van der Waals surface area (Å²) < 4.78 is 45.4. The number of anilines is 1. The molecule has 2 saturated heterocycles. The van der Waals surface area contributed by atoms with Crippen molar-refractivity contribution in [1.29, 1.82) is 0 Å². The molecular formula is C24H33ClN4O6S. The predicted octanol–water partition coefficient (Wildman–Crippen LogP) is 2.67. The lowest BCUT2D eigenvalue weighted by molar-refractivity contribution is -0.139. The third kappa shape index (κ3) is 5.86. The first kappa shape index (κ1) is 26.9.